The van der Waals surface area contributed by atoms with Gasteiger partial charge in [0.1, 0.15) is 6.61 Å². The highest BCUT2D eigenvalue weighted by Gasteiger charge is 2.13. The zero-order valence-electron chi connectivity index (χ0n) is 18.5. The number of hydrogen-bond acceptors (Lipinski definition) is 6. The average molecular weight is 421 g/mol. The number of hydrazone groups is 1. The van der Waals surface area contributed by atoms with Crippen LogP contribution in [0, 0.1) is 6.92 Å². The summed E-state index contributed by atoms with van der Waals surface area (Å²) in [6.45, 7) is 8.77. The van der Waals surface area contributed by atoms with Gasteiger partial charge in [0.25, 0.3) is 5.56 Å². The van der Waals surface area contributed by atoms with Crippen LogP contribution in [0.1, 0.15) is 43.2 Å². The average Bonchev–Trinajstić information content (AvgIpc) is 2.71. The quantitative estimate of drug-likeness (QED) is 0.437. The van der Waals surface area contributed by atoms with Crippen molar-refractivity contribution in [3.8, 4) is 11.5 Å². The van der Waals surface area contributed by atoms with E-state index >= 15 is 0 Å². The fourth-order valence-corrected chi connectivity index (χ4v) is 2.95. The Kier molecular flexibility index (Phi) is 6.74. The number of aryl methyl sites for hydroxylation is 1. The van der Waals surface area contributed by atoms with Gasteiger partial charge in [0.05, 0.1) is 13.3 Å². The van der Waals surface area contributed by atoms with Gasteiger partial charge in [-0.15, -0.1) is 0 Å². The Labute approximate surface area is 182 Å². The van der Waals surface area contributed by atoms with Crippen molar-refractivity contribution in [2.45, 2.75) is 39.7 Å². The molecule has 0 saturated heterocycles. The summed E-state index contributed by atoms with van der Waals surface area (Å²) >= 11 is 0. The van der Waals surface area contributed by atoms with Crippen molar-refractivity contribution in [2.24, 2.45) is 5.10 Å². The van der Waals surface area contributed by atoms with Gasteiger partial charge in [0, 0.05) is 11.8 Å². The zero-order chi connectivity index (χ0) is 22.4. The van der Waals surface area contributed by atoms with E-state index < -0.39 is 0 Å². The molecule has 3 rings (SSSR count). The molecule has 0 amide bonds. The van der Waals surface area contributed by atoms with Crippen LogP contribution in [0.2, 0.25) is 0 Å². The fraction of sp³-hybridized carbons (Fsp3) is 0.292. The molecule has 0 radical (unpaired) electrons. The molecule has 0 saturated carbocycles. The van der Waals surface area contributed by atoms with Crippen LogP contribution in [-0.4, -0.2) is 23.3 Å². The van der Waals surface area contributed by atoms with E-state index in [1.54, 1.807) is 20.2 Å². The molecule has 162 valence electrons. The second-order valence-electron chi connectivity index (χ2n) is 8.25. The molecule has 1 aromatic heterocycles. The number of anilines is 1. The fourth-order valence-electron chi connectivity index (χ4n) is 2.95. The van der Waals surface area contributed by atoms with Gasteiger partial charge < -0.3 is 9.47 Å². The molecule has 0 atom stereocenters. The number of ether oxygens (including phenoxy) is 2. The maximum atomic E-state index is 11.5. The molecule has 0 aliphatic heterocycles. The maximum Gasteiger partial charge on any atom is 0.252 e. The number of H-pyrrole nitrogens is 1. The Morgan fingerprint density at radius 2 is 1.84 bits per heavy atom. The normalized spacial score (nSPS) is 11.5. The van der Waals surface area contributed by atoms with Gasteiger partial charge in [-0.2, -0.15) is 5.10 Å². The molecule has 2 aromatic carbocycles. The third kappa shape index (κ3) is 6.18. The third-order valence-electron chi connectivity index (χ3n) is 4.66. The van der Waals surface area contributed by atoms with Crippen molar-refractivity contribution in [3.05, 3.63) is 81.3 Å². The lowest BCUT2D eigenvalue weighted by Gasteiger charge is -2.19. The standard InChI is InChI=1S/C24H28N4O3/c1-16-12-22(29)27-23(26-16)28-25-14-18-8-11-20(21(13-18)30-5)31-15-17-6-9-19(10-7-17)24(2,3)4/h6-14H,15H2,1-5H3,(H2,26,27,28,29)/b25-14-. The number of nitrogens with zero attached hydrogens (tertiary/aromatic N) is 2. The molecule has 7 heteroatoms. The Bertz CT molecular complexity index is 1110. The lowest BCUT2D eigenvalue weighted by Crippen LogP contribution is -2.10. The molecule has 1 heterocycles. The van der Waals surface area contributed by atoms with E-state index in [4.69, 9.17) is 9.47 Å². The lowest BCUT2D eigenvalue weighted by molar-refractivity contribution is 0.284. The molecule has 2 N–H and O–H groups in total. The van der Waals surface area contributed by atoms with Gasteiger partial charge in [0.2, 0.25) is 5.95 Å². The summed E-state index contributed by atoms with van der Waals surface area (Å²) in [7, 11) is 1.60. The zero-order valence-corrected chi connectivity index (χ0v) is 18.5. The number of rotatable bonds is 7. The number of hydrogen-bond donors (Lipinski definition) is 2. The Hall–Kier alpha value is -3.61. The van der Waals surface area contributed by atoms with E-state index in [0.717, 1.165) is 11.1 Å². The van der Waals surface area contributed by atoms with Crippen molar-refractivity contribution < 1.29 is 9.47 Å². The summed E-state index contributed by atoms with van der Waals surface area (Å²) < 4.78 is 11.4. The van der Waals surface area contributed by atoms with E-state index in [-0.39, 0.29) is 16.9 Å². The molecule has 0 spiro atoms. The number of aromatic nitrogens is 2. The highest BCUT2D eigenvalue weighted by Crippen LogP contribution is 2.29. The molecule has 0 fully saturated rings. The first-order chi connectivity index (χ1) is 14.7. The summed E-state index contributed by atoms with van der Waals surface area (Å²) in [5.41, 5.74) is 6.40. The van der Waals surface area contributed by atoms with E-state index in [0.29, 0.717) is 23.8 Å². The van der Waals surface area contributed by atoms with Crippen LogP contribution < -0.4 is 20.5 Å². The first kappa shape index (κ1) is 22.1. The monoisotopic (exact) mass is 420 g/mol. The van der Waals surface area contributed by atoms with Crippen LogP contribution in [0.4, 0.5) is 5.95 Å². The third-order valence-corrected chi connectivity index (χ3v) is 4.66. The largest absolute Gasteiger partial charge is 0.493 e. The minimum atomic E-state index is -0.235. The highest BCUT2D eigenvalue weighted by atomic mass is 16.5. The van der Waals surface area contributed by atoms with E-state index in [1.807, 2.05) is 18.2 Å². The first-order valence-corrected chi connectivity index (χ1v) is 10.0. The smallest absolute Gasteiger partial charge is 0.252 e. The second kappa shape index (κ2) is 9.47. The lowest BCUT2D eigenvalue weighted by atomic mass is 9.87. The number of methoxy groups -OCH3 is 1. The van der Waals surface area contributed by atoms with Crippen LogP contribution in [0.15, 0.2) is 58.4 Å². The molecule has 0 aliphatic carbocycles. The second-order valence-corrected chi connectivity index (χ2v) is 8.25. The Morgan fingerprint density at radius 1 is 1.10 bits per heavy atom. The molecule has 0 unspecified atom stereocenters. The number of nitrogens with one attached hydrogen (secondary N) is 2. The van der Waals surface area contributed by atoms with Gasteiger partial charge in [-0.1, -0.05) is 45.0 Å². The van der Waals surface area contributed by atoms with Gasteiger partial charge in [0.15, 0.2) is 11.5 Å². The highest BCUT2D eigenvalue weighted by molar-refractivity contribution is 5.81. The van der Waals surface area contributed by atoms with Crippen molar-refractivity contribution in [1.29, 1.82) is 0 Å². The molecule has 0 aliphatic rings. The number of benzene rings is 2. The molecule has 0 bridgehead atoms. The van der Waals surface area contributed by atoms with Gasteiger partial charge in [-0.25, -0.2) is 10.4 Å². The van der Waals surface area contributed by atoms with Crippen molar-refractivity contribution in [2.75, 3.05) is 12.5 Å². The summed E-state index contributed by atoms with van der Waals surface area (Å²) in [5.74, 6) is 1.54. The predicted octanol–water partition coefficient (Wildman–Crippen LogP) is 4.41. The SMILES string of the molecule is COc1cc(/C=N\Nc2nc(C)cc(=O)[nH]2)ccc1OCc1ccc(C(C)(C)C)cc1. The van der Waals surface area contributed by atoms with Crippen molar-refractivity contribution >= 4 is 12.2 Å². The van der Waals surface area contributed by atoms with Crippen LogP contribution in [0.3, 0.4) is 0 Å². The van der Waals surface area contributed by atoms with E-state index in [2.05, 4.69) is 65.5 Å². The minimum Gasteiger partial charge on any atom is -0.493 e. The predicted molar refractivity (Wildman–Crippen MR) is 123 cm³/mol. The van der Waals surface area contributed by atoms with Crippen LogP contribution in [0.25, 0.3) is 0 Å². The van der Waals surface area contributed by atoms with Crippen LogP contribution in [-0.2, 0) is 12.0 Å². The first-order valence-electron chi connectivity index (χ1n) is 10.0. The van der Waals surface area contributed by atoms with E-state index in [9.17, 15) is 4.79 Å². The Morgan fingerprint density at radius 3 is 2.48 bits per heavy atom. The summed E-state index contributed by atoms with van der Waals surface area (Å²) in [6, 6.07) is 15.4. The van der Waals surface area contributed by atoms with Crippen molar-refractivity contribution in [3.63, 3.8) is 0 Å². The molecule has 31 heavy (non-hydrogen) atoms. The molecule has 7 nitrogen and oxygen atoms in total. The molecular weight excluding hydrogens is 392 g/mol. The summed E-state index contributed by atoms with van der Waals surface area (Å²) in [6.07, 6.45) is 1.61. The Balaban J connectivity index is 1.64. The maximum absolute atomic E-state index is 11.5. The molecule has 3 aromatic rings. The van der Waals surface area contributed by atoms with Gasteiger partial charge >= 0.3 is 0 Å². The topological polar surface area (TPSA) is 88.6 Å². The van der Waals surface area contributed by atoms with Crippen LogP contribution in [0.5, 0.6) is 11.5 Å². The number of aromatic amines is 1. The van der Waals surface area contributed by atoms with Crippen LogP contribution >= 0.6 is 0 Å². The van der Waals surface area contributed by atoms with E-state index in [1.165, 1.54) is 11.6 Å². The van der Waals surface area contributed by atoms with Gasteiger partial charge in [-0.05, 0) is 47.2 Å². The summed E-state index contributed by atoms with van der Waals surface area (Å²) in [5, 5.41) is 4.12. The summed E-state index contributed by atoms with van der Waals surface area (Å²) in [4.78, 5) is 18.2. The molecular formula is C24H28N4O3. The van der Waals surface area contributed by atoms with Gasteiger partial charge in [-0.3, -0.25) is 9.78 Å². The minimum absolute atomic E-state index is 0.125. The van der Waals surface area contributed by atoms with Crippen molar-refractivity contribution in [1.82, 2.24) is 9.97 Å².